The van der Waals surface area contributed by atoms with Crippen molar-refractivity contribution in [3.8, 4) is 0 Å². The third kappa shape index (κ3) is 4.20. The van der Waals surface area contributed by atoms with E-state index in [-0.39, 0.29) is 5.92 Å². The normalized spacial score (nSPS) is 18.2. The van der Waals surface area contributed by atoms with Crippen LogP contribution in [0.25, 0.3) is 0 Å². The summed E-state index contributed by atoms with van der Waals surface area (Å²) in [4.78, 5) is 4.72. The van der Waals surface area contributed by atoms with Gasteiger partial charge in [0.2, 0.25) is 0 Å². The quantitative estimate of drug-likeness (QED) is 0.919. The predicted octanol–water partition coefficient (Wildman–Crippen LogP) is 2.43. The Morgan fingerprint density at radius 3 is 1.78 bits per heavy atom. The SMILES string of the molecule is CN1CCN(CC(O)C(c2ccccc2)c2ccccc2)CC1. The van der Waals surface area contributed by atoms with Crippen molar-refractivity contribution in [2.75, 3.05) is 39.8 Å². The van der Waals surface area contributed by atoms with Crippen molar-refractivity contribution >= 4 is 0 Å². The summed E-state index contributed by atoms with van der Waals surface area (Å²) in [5, 5.41) is 11.0. The van der Waals surface area contributed by atoms with Crippen LogP contribution < -0.4 is 0 Å². The molecule has 0 saturated carbocycles. The summed E-state index contributed by atoms with van der Waals surface area (Å²) in [6.45, 7) is 4.94. The van der Waals surface area contributed by atoms with E-state index in [0.29, 0.717) is 0 Å². The number of hydrogen-bond donors (Lipinski definition) is 1. The number of aliphatic hydroxyl groups excluding tert-OH is 1. The van der Waals surface area contributed by atoms with Gasteiger partial charge in [-0.05, 0) is 18.2 Å². The molecule has 1 N–H and O–H groups in total. The maximum Gasteiger partial charge on any atom is 0.0776 e. The van der Waals surface area contributed by atoms with Gasteiger partial charge in [0.25, 0.3) is 0 Å². The second-order valence-electron chi connectivity index (χ2n) is 6.47. The van der Waals surface area contributed by atoms with Gasteiger partial charge in [-0.2, -0.15) is 0 Å². The molecular weight excluding hydrogens is 284 g/mol. The zero-order valence-corrected chi connectivity index (χ0v) is 13.8. The molecule has 0 aliphatic carbocycles. The third-order valence-corrected chi connectivity index (χ3v) is 4.74. The van der Waals surface area contributed by atoms with Crippen molar-refractivity contribution in [1.82, 2.24) is 9.80 Å². The fraction of sp³-hybridized carbons (Fsp3) is 0.400. The molecule has 0 aromatic heterocycles. The number of aliphatic hydroxyl groups is 1. The Kier molecular flexibility index (Phi) is 5.44. The molecule has 1 unspecified atom stereocenters. The first-order valence-electron chi connectivity index (χ1n) is 8.43. The molecule has 1 aliphatic heterocycles. The van der Waals surface area contributed by atoms with E-state index in [9.17, 15) is 5.11 Å². The molecule has 3 rings (SSSR count). The van der Waals surface area contributed by atoms with Crippen molar-refractivity contribution in [2.45, 2.75) is 12.0 Å². The van der Waals surface area contributed by atoms with Crippen molar-refractivity contribution < 1.29 is 5.11 Å². The summed E-state index contributed by atoms with van der Waals surface area (Å²) >= 11 is 0. The topological polar surface area (TPSA) is 26.7 Å². The fourth-order valence-electron chi connectivity index (χ4n) is 3.36. The minimum atomic E-state index is -0.400. The van der Waals surface area contributed by atoms with Crippen LogP contribution in [0.4, 0.5) is 0 Å². The fourth-order valence-corrected chi connectivity index (χ4v) is 3.36. The summed E-state index contributed by atoms with van der Waals surface area (Å²) in [7, 11) is 2.16. The van der Waals surface area contributed by atoms with Gasteiger partial charge in [0.1, 0.15) is 0 Å². The molecule has 0 spiro atoms. The Labute approximate surface area is 139 Å². The molecule has 0 radical (unpaired) electrons. The van der Waals surface area contributed by atoms with E-state index in [1.54, 1.807) is 0 Å². The summed E-state index contributed by atoms with van der Waals surface area (Å²) in [6.07, 6.45) is -0.400. The average Bonchev–Trinajstić information content (AvgIpc) is 2.59. The lowest BCUT2D eigenvalue weighted by Crippen LogP contribution is -2.47. The molecule has 0 amide bonds. The van der Waals surface area contributed by atoms with E-state index in [2.05, 4.69) is 41.1 Å². The molecule has 0 bridgehead atoms. The van der Waals surface area contributed by atoms with Gasteiger partial charge in [0.15, 0.2) is 0 Å². The Morgan fingerprint density at radius 2 is 1.30 bits per heavy atom. The van der Waals surface area contributed by atoms with Crippen LogP contribution >= 0.6 is 0 Å². The first kappa shape index (κ1) is 16.2. The Morgan fingerprint density at radius 1 is 0.826 bits per heavy atom. The molecule has 1 saturated heterocycles. The standard InChI is InChI=1S/C20H26N2O/c1-21-12-14-22(15-13-21)16-19(23)20(17-8-4-2-5-9-17)18-10-6-3-7-11-18/h2-11,19-20,23H,12-16H2,1H3. The van der Waals surface area contributed by atoms with Crippen LogP contribution in [-0.2, 0) is 0 Å². The number of benzene rings is 2. The van der Waals surface area contributed by atoms with Crippen molar-refractivity contribution in [2.24, 2.45) is 0 Å². The van der Waals surface area contributed by atoms with Gasteiger partial charge in [-0.25, -0.2) is 0 Å². The zero-order chi connectivity index (χ0) is 16.1. The Bertz CT molecular complexity index is 540. The highest BCUT2D eigenvalue weighted by Gasteiger charge is 2.26. The van der Waals surface area contributed by atoms with Crippen LogP contribution in [0.2, 0.25) is 0 Å². The maximum atomic E-state index is 11.0. The summed E-state index contributed by atoms with van der Waals surface area (Å²) < 4.78 is 0. The lowest BCUT2D eigenvalue weighted by molar-refractivity contribution is 0.0717. The first-order chi connectivity index (χ1) is 11.2. The van der Waals surface area contributed by atoms with Crippen LogP contribution in [-0.4, -0.2) is 60.8 Å². The van der Waals surface area contributed by atoms with Gasteiger partial charge >= 0.3 is 0 Å². The maximum absolute atomic E-state index is 11.0. The van der Waals surface area contributed by atoms with Gasteiger partial charge < -0.3 is 10.0 Å². The molecule has 1 aliphatic rings. The van der Waals surface area contributed by atoms with Crippen LogP contribution in [0.1, 0.15) is 17.0 Å². The summed E-state index contributed by atoms with van der Waals surface area (Å²) in [6, 6.07) is 20.7. The molecular formula is C20H26N2O. The van der Waals surface area contributed by atoms with E-state index in [1.165, 1.54) is 11.1 Å². The van der Waals surface area contributed by atoms with Crippen molar-refractivity contribution in [3.05, 3.63) is 71.8 Å². The number of rotatable bonds is 5. The lowest BCUT2D eigenvalue weighted by atomic mass is 9.86. The molecule has 1 heterocycles. The Balaban J connectivity index is 1.78. The summed E-state index contributed by atoms with van der Waals surface area (Å²) in [5.74, 6) is 0.0251. The van der Waals surface area contributed by atoms with E-state index < -0.39 is 6.10 Å². The number of nitrogens with zero attached hydrogens (tertiary/aromatic N) is 2. The Hall–Kier alpha value is -1.68. The van der Waals surface area contributed by atoms with Crippen molar-refractivity contribution in [1.29, 1.82) is 0 Å². The average molecular weight is 310 g/mol. The van der Waals surface area contributed by atoms with Gasteiger partial charge in [-0.15, -0.1) is 0 Å². The van der Waals surface area contributed by atoms with E-state index in [0.717, 1.165) is 32.7 Å². The van der Waals surface area contributed by atoms with E-state index in [1.807, 2.05) is 36.4 Å². The highest BCUT2D eigenvalue weighted by atomic mass is 16.3. The van der Waals surface area contributed by atoms with Crippen LogP contribution in [0.15, 0.2) is 60.7 Å². The molecule has 23 heavy (non-hydrogen) atoms. The smallest absolute Gasteiger partial charge is 0.0776 e. The van der Waals surface area contributed by atoms with Crippen LogP contribution in [0, 0.1) is 0 Å². The van der Waals surface area contributed by atoms with Gasteiger partial charge in [0, 0.05) is 38.6 Å². The van der Waals surface area contributed by atoms with Gasteiger partial charge in [0.05, 0.1) is 6.10 Å². The molecule has 3 heteroatoms. The minimum absolute atomic E-state index is 0.0251. The molecule has 1 fully saturated rings. The molecule has 2 aromatic carbocycles. The number of β-amino-alcohol motifs (C(OH)–C–C–N with tert-alkyl or cyclic N) is 1. The summed E-state index contributed by atoms with van der Waals surface area (Å²) in [5.41, 5.74) is 2.36. The second kappa shape index (κ2) is 7.73. The largest absolute Gasteiger partial charge is 0.391 e. The molecule has 1 atom stereocenters. The molecule has 2 aromatic rings. The number of likely N-dealkylation sites (N-methyl/N-ethyl adjacent to an activating group) is 1. The van der Waals surface area contributed by atoms with Crippen molar-refractivity contribution in [3.63, 3.8) is 0 Å². The predicted molar refractivity (Wildman–Crippen MR) is 94.7 cm³/mol. The van der Waals surface area contributed by atoms with Crippen LogP contribution in [0.3, 0.4) is 0 Å². The third-order valence-electron chi connectivity index (χ3n) is 4.74. The highest BCUT2D eigenvalue weighted by molar-refractivity contribution is 5.33. The number of hydrogen-bond acceptors (Lipinski definition) is 3. The van der Waals surface area contributed by atoms with E-state index in [4.69, 9.17) is 0 Å². The van der Waals surface area contributed by atoms with Crippen LogP contribution in [0.5, 0.6) is 0 Å². The first-order valence-corrected chi connectivity index (χ1v) is 8.43. The van der Waals surface area contributed by atoms with E-state index >= 15 is 0 Å². The van der Waals surface area contributed by atoms with Gasteiger partial charge in [-0.1, -0.05) is 60.7 Å². The zero-order valence-electron chi connectivity index (χ0n) is 13.8. The number of piperazine rings is 1. The molecule has 3 nitrogen and oxygen atoms in total. The minimum Gasteiger partial charge on any atom is -0.391 e. The molecule has 122 valence electrons. The highest BCUT2D eigenvalue weighted by Crippen LogP contribution is 2.28. The van der Waals surface area contributed by atoms with Gasteiger partial charge in [-0.3, -0.25) is 4.90 Å². The second-order valence-corrected chi connectivity index (χ2v) is 6.47. The lowest BCUT2D eigenvalue weighted by Gasteiger charge is -2.35. The monoisotopic (exact) mass is 310 g/mol.